The third-order valence-corrected chi connectivity index (χ3v) is 2.41. The molecule has 1 N–H and O–H groups in total. The van der Waals surface area contributed by atoms with Crippen LogP contribution in [0, 0.1) is 0 Å². The quantitative estimate of drug-likeness (QED) is 0.573. The molecule has 1 radical (unpaired) electrons. The van der Waals surface area contributed by atoms with Crippen LogP contribution in [0.4, 0.5) is 9.41 Å². The standard InChI is InChI=1S/C12H9N.CH2B.2FH/c1-3-7-11-9(5-1)10-6-2-4-8-12(10)13-11;1-2;;/h1-8,13H;1H2;2*1H. The van der Waals surface area contributed by atoms with Crippen LogP contribution >= 0.6 is 0 Å². The molecule has 1 aromatic heterocycles. The van der Waals surface area contributed by atoms with E-state index in [0.717, 1.165) is 0 Å². The van der Waals surface area contributed by atoms with Gasteiger partial charge in [-0.1, -0.05) is 36.4 Å². The molecule has 0 saturated carbocycles. The first-order valence-corrected chi connectivity index (χ1v) is 4.81. The van der Waals surface area contributed by atoms with Crippen LogP contribution in [0.3, 0.4) is 0 Å². The number of hydrogen-bond acceptors (Lipinski definition) is 0. The molecular formula is C13H13BF2N. The molecule has 0 fully saturated rings. The average molecular weight is 232 g/mol. The maximum Gasteiger partial charge on any atom is 0.0464 e. The first-order chi connectivity index (χ1) is 7.45. The van der Waals surface area contributed by atoms with Crippen LogP contribution in [0.15, 0.2) is 48.5 Å². The number of halogens is 2. The molecule has 87 valence electrons. The molecule has 0 aliphatic carbocycles. The molecule has 0 atom stereocenters. The summed E-state index contributed by atoms with van der Waals surface area (Å²) in [5, 5.41) is 2.61. The Balaban J connectivity index is 0.000000611. The summed E-state index contributed by atoms with van der Waals surface area (Å²) in [4.78, 5) is 3.38. The van der Waals surface area contributed by atoms with Gasteiger partial charge >= 0.3 is 14.0 Å². The van der Waals surface area contributed by atoms with Crippen LogP contribution in [-0.4, -0.2) is 18.9 Å². The number of nitrogens with one attached hydrogen (secondary N) is 1. The predicted molar refractivity (Wildman–Crippen MR) is 73.7 cm³/mol. The topological polar surface area (TPSA) is 15.8 Å². The van der Waals surface area contributed by atoms with Gasteiger partial charge in [0, 0.05) is 21.8 Å². The van der Waals surface area contributed by atoms with E-state index in [4.69, 9.17) is 0 Å². The van der Waals surface area contributed by atoms with Crippen LogP contribution in [0.25, 0.3) is 21.8 Å². The third-order valence-electron chi connectivity index (χ3n) is 2.41. The fourth-order valence-corrected chi connectivity index (χ4v) is 1.80. The second-order valence-electron chi connectivity index (χ2n) is 3.22. The predicted octanol–water partition coefficient (Wildman–Crippen LogP) is 3.21. The maximum atomic E-state index is 4.25. The Labute approximate surface area is 99.3 Å². The smallest absolute Gasteiger partial charge is 0.0464 e. The largest absolute Gasteiger partial charge is 0.355 e. The van der Waals surface area contributed by atoms with E-state index in [0.29, 0.717) is 0 Å². The van der Waals surface area contributed by atoms with Crippen LogP contribution in [0.5, 0.6) is 0 Å². The molecular weight excluding hydrogens is 219 g/mol. The van der Waals surface area contributed by atoms with E-state index >= 15 is 0 Å². The summed E-state index contributed by atoms with van der Waals surface area (Å²) in [6, 6.07) is 16.8. The van der Waals surface area contributed by atoms with Gasteiger partial charge in [-0.15, -0.1) is 0 Å². The number of fused-ring (bicyclic) bond motifs is 3. The summed E-state index contributed by atoms with van der Waals surface area (Å²) < 4.78 is 0. The van der Waals surface area contributed by atoms with Crippen molar-refractivity contribution >= 4 is 35.8 Å². The molecule has 0 aliphatic heterocycles. The summed E-state index contributed by atoms with van der Waals surface area (Å²) in [6.07, 6.45) is 0. The van der Waals surface area contributed by atoms with Crippen molar-refractivity contribution in [3.05, 3.63) is 48.5 Å². The van der Waals surface area contributed by atoms with Gasteiger partial charge in [0.2, 0.25) is 0 Å². The zero-order valence-corrected chi connectivity index (χ0v) is 9.22. The zero-order chi connectivity index (χ0) is 10.7. The molecule has 0 bridgehead atoms. The van der Waals surface area contributed by atoms with Crippen molar-refractivity contribution in [2.24, 2.45) is 0 Å². The van der Waals surface area contributed by atoms with Gasteiger partial charge in [0.15, 0.2) is 0 Å². The van der Waals surface area contributed by atoms with Gasteiger partial charge < -0.3 is 4.98 Å². The molecule has 0 unspecified atom stereocenters. The number of H-pyrrole nitrogens is 1. The van der Waals surface area contributed by atoms with Crippen LogP contribution in [0.2, 0.25) is 0 Å². The number of benzene rings is 2. The Kier molecular flexibility index (Phi) is 5.82. The molecule has 3 rings (SSSR count). The van der Waals surface area contributed by atoms with Crippen molar-refractivity contribution in [2.45, 2.75) is 0 Å². The van der Waals surface area contributed by atoms with E-state index in [1.165, 1.54) is 21.8 Å². The Hall–Kier alpha value is -1.97. The first-order valence-electron chi connectivity index (χ1n) is 4.81. The molecule has 0 spiro atoms. The number of aromatic amines is 1. The molecule has 3 aromatic rings. The summed E-state index contributed by atoms with van der Waals surface area (Å²) in [5.41, 5.74) is 2.42. The third kappa shape index (κ3) is 2.59. The second kappa shape index (κ2) is 6.58. The minimum absolute atomic E-state index is 0. The second-order valence-corrected chi connectivity index (χ2v) is 3.22. The van der Waals surface area contributed by atoms with Crippen molar-refractivity contribution in [1.82, 2.24) is 4.98 Å². The van der Waals surface area contributed by atoms with E-state index in [-0.39, 0.29) is 9.41 Å². The van der Waals surface area contributed by atoms with Gasteiger partial charge in [-0.2, -0.15) is 0 Å². The van der Waals surface area contributed by atoms with Gasteiger partial charge in [0.05, 0.1) is 0 Å². The molecule has 2 aromatic carbocycles. The summed E-state index contributed by atoms with van der Waals surface area (Å²) in [6.45, 7) is 2.75. The number of aromatic nitrogens is 1. The van der Waals surface area contributed by atoms with Crippen LogP contribution in [-0.2, 0) is 0 Å². The zero-order valence-electron chi connectivity index (χ0n) is 9.22. The average Bonchev–Trinajstić information content (AvgIpc) is 2.70. The molecule has 0 amide bonds. The van der Waals surface area contributed by atoms with E-state index < -0.39 is 0 Å². The Bertz CT molecular complexity index is 542. The molecule has 4 heteroatoms. The summed E-state index contributed by atoms with van der Waals surface area (Å²) in [7, 11) is 4.25. The molecule has 1 heterocycles. The van der Waals surface area contributed by atoms with E-state index in [9.17, 15) is 0 Å². The summed E-state index contributed by atoms with van der Waals surface area (Å²) >= 11 is 0. The van der Waals surface area contributed by atoms with Crippen LogP contribution < -0.4 is 0 Å². The number of rotatable bonds is 0. The number of para-hydroxylation sites is 2. The van der Waals surface area contributed by atoms with Crippen molar-refractivity contribution in [2.75, 3.05) is 0 Å². The minimum Gasteiger partial charge on any atom is -0.355 e. The fourth-order valence-electron chi connectivity index (χ4n) is 1.80. The Morgan fingerprint density at radius 2 is 1.06 bits per heavy atom. The van der Waals surface area contributed by atoms with Crippen molar-refractivity contribution < 1.29 is 9.41 Å². The van der Waals surface area contributed by atoms with E-state index in [1.807, 2.05) is 0 Å². The monoisotopic (exact) mass is 232 g/mol. The Morgan fingerprint density at radius 1 is 0.706 bits per heavy atom. The molecule has 1 nitrogen and oxygen atoms in total. The van der Waals surface area contributed by atoms with Gasteiger partial charge in [0.25, 0.3) is 0 Å². The van der Waals surface area contributed by atoms with Crippen molar-refractivity contribution in [3.63, 3.8) is 0 Å². The van der Waals surface area contributed by atoms with Gasteiger partial charge in [-0.3, -0.25) is 9.41 Å². The number of hydrogen-bond donors (Lipinski definition) is 1. The van der Waals surface area contributed by atoms with Gasteiger partial charge in [-0.05, 0) is 12.1 Å². The van der Waals surface area contributed by atoms with Gasteiger partial charge in [-0.25, -0.2) is 0 Å². The van der Waals surface area contributed by atoms with Crippen LogP contribution in [0.1, 0.15) is 0 Å². The maximum absolute atomic E-state index is 4.25. The summed E-state index contributed by atoms with van der Waals surface area (Å²) in [5.74, 6) is 0. The molecule has 0 aliphatic rings. The van der Waals surface area contributed by atoms with E-state index in [1.54, 1.807) is 0 Å². The SMILES string of the molecule is F.F.[B]=C.c1ccc2c(c1)[nH]c1ccccc12. The van der Waals surface area contributed by atoms with Crippen molar-refractivity contribution in [3.8, 4) is 0 Å². The normalized spacial score (nSPS) is 8.65. The van der Waals surface area contributed by atoms with Crippen molar-refractivity contribution in [1.29, 1.82) is 0 Å². The fraction of sp³-hybridized carbons (Fsp3) is 0. The Morgan fingerprint density at radius 3 is 1.47 bits per heavy atom. The molecule has 17 heavy (non-hydrogen) atoms. The van der Waals surface area contributed by atoms with Gasteiger partial charge in [0.1, 0.15) is 0 Å². The van der Waals surface area contributed by atoms with E-state index in [2.05, 4.69) is 67.5 Å². The minimum atomic E-state index is 0. The molecule has 0 saturated heterocycles. The first kappa shape index (κ1) is 15.0.